The lowest BCUT2D eigenvalue weighted by molar-refractivity contribution is 0.289. The van der Waals surface area contributed by atoms with Gasteiger partial charge in [0.1, 0.15) is 5.01 Å². The minimum Gasteiger partial charge on any atom is -0.396 e. The van der Waals surface area contributed by atoms with E-state index in [4.69, 9.17) is 5.11 Å². The SMILES string of the molecule is Cc1nnc(SC(C)CCO)s1. The summed E-state index contributed by atoms with van der Waals surface area (Å²) in [5.74, 6) is 0. The van der Waals surface area contributed by atoms with Gasteiger partial charge >= 0.3 is 0 Å². The summed E-state index contributed by atoms with van der Waals surface area (Å²) in [4.78, 5) is 0. The van der Waals surface area contributed by atoms with Crippen molar-refractivity contribution in [1.29, 1.82) is 0 Å². The molecule has 0 spiro atoms. The van der Waals surface area contributed by atoms with Crippen LogP contribution < -0.4 is 0 Å². The van der Waals surface area contributed by atoms with Crippen molar-refractivity contribution in [2.24, 2.45) is 0 Å². The van der Waals surface area contributed by atoms with Crippen LogP contribution in [0.1, 0.15) is 18.4 Å². The third kappa shape index (κ3) is 3.08. The average molecular weight is 204 g/mol. The van der Waals surface area contributed by atoms with Gasteiger partial charge < -0.3 is 5.11 Å². The largest absolute Gasteiger partial charge is 0.396 e. The molecule has 1 atom stereocenters. The molecule has 1 heterocycles. The van der Waals surface area contributed by atoms with E-state index in [-0.39, 0.29) is 6.61 Å². The lowest BCUT2D eigenvalue weighted by atomic mass is 10.4. The maximum Gasteiger partial charge on any atom is 0.174 e. The molecule has 5 heteroatoms. The minimum atomic E-state index is 0.242. The zero-order chi connectivity index (χ0) is 8.97. The van der Waals surface area contributed by atoms with Crippen LogP contribution in [0.25, 0.3) is 0 Å². The molecular formula is C7H12N2OS2. The molecule has 0 bridgehead atoms. The second kappa shape index (κ2) is 4.79. The highest BCUT2D eigenvalue weighted by molar-refractivity contribution is 8.01. The van der Waals surface area contributed by atoms with Gasteiger partial charge in [0, 0.05) is 11.9 Å². The normalized spacial score (nSPS) is 13.2. The Morgan fingerprint density at radius 1 is 1.58 bits per heavy atom. The number of thioether (sulfide) groups is 1. The fourth-order valence-electron chi connectivity index (χ4n) is 0.739. The number of aliphatic hydroxyl groups is 1. The van der Waals surface area contributed by atoms with E-state index in [1.165, 1.54) is 0 Å². The average Bonchev–Trinajstić information content (AvgIpc) is 2.36. The van der Waals surface area contributed by atoms with E-state index in [2.05, 4.69) is 17.1 Å². The summed E-state index contributed by atoms with van der Waals surface area (Å²) in [6.45, 7) is 4.27. The maximum absolute atomic E-state index is 8.67. The molecule has 0 aliphatic carbocycles. The van der Waals surface area contributed by atoms with E-state index < -0.39 is 0 Å². The highest BCUT2D eigenvalue weighted by Crippen LogP contribution is 2.27. The van der Waals surface area contributed by atoms with Gasteiger partial charge in [-0.2, -0.15) is 0 Å². The highest BCUT2D eigenvalue weighted by Gasteiger charge is 2.07. The summed E-state index contributed by atoms with van der Waals surface area (Å²) in [7, 11) is 0. The van der Waals surface area contributed by atoms with Crippen LogP contribution in [-0.4, -0.2) is 27.2 Å². The Morgan fingerprint density at radius 3 is 2.83 bits per heavy atom. The fraction of sp³-hybridized carbons (Fsp3) is 0.714. The number of hydrogen-bond donors (Lipinski definition) is 1. The van der Waals surface area contributed by atoms with E-state index in [9.17, 15) is 0 Å². The Hall–Kier alpha value is -0.130. The number of aliphatic hydroxyl groups excluding tert-OH is 1. The lowest BCUT2D eigenvalue weighted by Crippen LogP contribution is -1.98. The fourth-order valence-corrected chi connectivity index (χ4v) is 2.86. The molecule has 1 N–H and O–H groups in total. The van der Waals surface area contributed by atoms with Crippen LogP contribution >= 0.6 is 23.1 Å². The van der Waals surface area contributed by atoms with Crippen LogP contribution in [0.5, 0.6) is 0 Å². The topological polar surface area (TPSA) is 46.0 Å². The summed E-state index contributed by atoms with van der Waals surface area (Å²) < 4.78 is 0.994. The first kappa shape index (κ1) is 9.95. The number of rotatable bonds is 4. The Morgan fingerprint density at radius 2 is 2.33 bits per heavy atom. The smallest absolute Gasteiger partial charge is 0.174 e. The van der Waals surface area contributed by atoms with Crippen molar-refractivity contribution in [3.63, 3.8) is 0 Å². The van der Waals surface area contributed by atoms with Crippen LogP contribution in [0.2, 0.25) is 0 Å². The Bertz CT molecular complexity index is 239. The molecule has 0 radical (unpaired) electrons. The predicted molar refractivity (Wildman–Crippen MR) is 51.7 cm³/mol. The molecule has 0 fully saturated rings. The van der Waals surface area contributed by atoms with E-state index in [1.807, 2.05) is 6.92 Å². The molecule has 0 aliphatic rings. The van der Waals surface area contributed by atoms with Gasteiger partial charge in [0.2, 0.25) is 0 Å². The molecule has 0 aromatic carbocycles. The quantitative estimate of drug-likeness (QED) is 0.758. The van der Waals surface area contributed by atoms with Gasteiger partial charge in [0.15, 0.2) is 4.34 Å². The van der Waals surface area contributed by atoms with Crippen molar-refractivity contribution in [3.8, 4) is 0 Å². The first-order valence-corrected chi connectivity index (χ1v) is 5.49. The molecule has 12 heavy (non-hydrogen) atoms. The molecule has 1 aromatic rings. The van der Waals surface area contributed by atoms with Gasteiger partial charge in [-0.3, -0.25) is 0 Å². The van der Waals surface area contributed by atoms with Gasteiger partial charge in [-0.05, 0) is 13.3 Å². The standard InChI is InChI=1S/C7H12N2OS2/c1-5(3-4-10)11-7-9-8-6(2)12-7/h5,10H,3-4H2,1-2H3. The van der Waals surface area contributed by atoms with Crippen molar-refractivity contribution in [2.45, 2.75) is 29.9 Å². The van der Waals surface area contributed by atoms with Crippen LogP contribution in [0.4, 0.5) is 0 Å². The Labute approximate surface area is 80.2 Å². The highest BCUT2D eigenvalue weighted by atomic mass is 32.2. The number of aryl methyl sites for hydroxylation is 1. The van der Waals surface area contributed by atoms with Crippen molar-refractivity contribution in [1.82, 2.24) is 10.2 Å². The Balaban J connectivity index is 2.41. The molecule has 0 saturated heterocycles. The van der Waals surface area contributed by atoms with Crippen LogP contribution in [-0.2, 0) is 0 Å². The molecular weight excluding hydrogens is 192 g/mol. The third-order valence-corrected chi connectivity index (χ3v) is 3.44. The monoisotopic (exact) mass is 204 g/mol. The maximum atomic E-state index is 8.67. The summed E-state index contributed by atoms with van der Waals surface area (Å²) in [6.07, 6.45) is 0.809. The first-order chi connectivity index (χ1) is 5.72. The lowest BCUT2D eigenvalue weighted by Gasteiger charge is -2.04. The molecule has 1 rings (SSSR count). The number of hydrogen-bond acceptors (Lipinski definition) is 5. The van der Waals surface area contributed by atoms with Crippen LogP contribution in [0, 0.1) is 6.92 Å². The summed E-state index contributed by atoms with van der Waals surface area (Å²) in [6, 6.07) is 0. The summed E-state index contributed by atoms with van der Waals surface area (Å²) in [5, 5.41) is 18.0. The predicted octanol–water partition coefficient (Wildman–Crippen LogP) is 1.71. The summed E-state index contributed by atoms with van der Waals surface area (Å²) >= 11 is 3.27. The zero-order valence-corrected chi connectivity index (χ0v) is 8.78. The van der Waals surface area contributed by atoms with E-state index >= 15 is 0 Å². The molecule has 1 unspecified atom stereocenters. The first-order valence-electron chi connectivity index (χ1n) is 3.80. The van der Waals surface area contributed by atoms with Crippen molar-refractivity contribution in [2.75, 3.05) is 6.61 Å². The third-order valence-electron chi connectivity index (χ3n) is 1.35. The van der Waals surface area contributed by atoms with E-state index in [0.29, 0.717) is 5.25 Å². The Kier molecular flexibility index (Phi) is 3.97. The number of aromatic nitrogens is 2. The number of nitrogens with zero attached hydrogens (tertiary/aromatic N) is 2. The van der Waals surface area contributed by atoms with Gasteiger partial charge in [-0.25, -0.2) is 0 Å². The minimum absolute atomic E-state index is 0.242. The van der Waals surface area contributed by atoms with Crippen LogP contribution in [0.15, 0.2) is 4.34 Å². The van der Waals surface area contributed by atoms with Crippen molar-refractivity contribution < 1.29 is 5.11 Å². The second-order valence-electron chi connectivity index (χ2n) is 2.53. The van der Waals surface area contributed by atoms with Gasteiger partial charge in [0.05, 0.1) is 0 Å². The summed E-state index contributed by atoms with van der Waals surface area (Å²) in [5.41, 5.74) is 0. The molecule has 0 aliphatic heterocycles. The van der Waals surface area contributed by atoms with E-state index in [1.54, 1.807) is 23.1 Å². The molecule has 0 amide bonds. The van der Waals surface area contributed by atoms with E-state index in [0.717, 1.165) is 15.8 Å². The van der Waals surface area contributed by atoms with Crippen molar-refractivity contribution in [3.05, 3.63) is 5.01 Å². The molecule has 0 saturated carbocycles. The second-order valence-corrected chi connectivity index (χ2v) is 5.39. The zero-order valence-electron chi connectivity index (χ0n) is 7.15. The molecule has 1 aromatic heterocycles. The van der Waals surface area contributed by atoms with Gasteiger partial charge in [0.25, 0.3) is 0 Å². The van der Waals surface area contributed by atoms with Gasteiger partial charge in [-0.15, -0.1) is 10.2 Å². The molecule has 68 valence electrons. The van der Waals surface area contributed by atoms with Gasteiger partial charge in [-0.1, -0.05) is 30.0 Å². The molecule has 3 nitrogen and oxygen atoms in total. The van der Waals surface area contributed by atoms with Crippen LogP contribution in [0.3, 0.4) is 0 Å². The van der Waals surface area contributed by atoms with Crippen molar-refractivity contribution >= 4 is 23.1 Å².